The molecule has 0 radical (unpaired) electrons. The lowest BCUT2D eigenvalue weighted by molar-refractivity contribution is -0.134. The molecule has 0 aromatic carbocycles. The molecular formula is C5H5NO5. The van der Waals surface area contributed by atoms with Crippen molar-refractivity contribution in [1.29, 1.82) is 0 Å². The number of amides is 1. The Hall–Kier alpha value is -1.72. The monoisotopic (exact) mass is 159 g/mol. The van der Waals surface area contributed by atoms with Crippen LogP contribution in [-0.2, 0) is 9.53 Å². The molecule has 0 aromatic rings. The largest absolute Gasteiger partial charge is 0.478 e. The summed E-state index contributed by atoms with van der Waals surface area (Å²) in [6.07, 6.45) is -0.438. The normalized spacial score (nSPS) is 15.6. The predicted molar refractivity (Wildman–Crippen MR) is 31.5 cm³/mol. The summed E-state index contributed by atoms with van der Waals surface area (Å²) in [4.78, 5) is 21.1. The molecule has 0 unspecified atom stereocenters. The van der Waals surface area contributed by atoms with Gasteiger partial charge in [-0.2, -0.15) is 0 Å². The van der Waals surface area contributed by atoms with Crippen molar-refractivity contribution in [3.05, 3.63) is 12.0 Å². The maximum absolute atomic E-state index is 10.3. The maximum Gasteiger partial charge on any atom is 0.414 e. The molecule has 0 spiro atoms. The Labute approximate surface area is 61.3 Å². The van der Waals surface area contributed by atoms with Crippen molar-refractivity contribution >= 4 is 12.1 Å². The zero-order valence-electron chi connectivity index (χ0n) is 5.35. The van der Waals surface area contributed by atoms with Crippen molar-refractivity contribution in [2.75, 3.05) is 6.73 Å². The van der Waals surface area contributed by atoms with Crippen LogP contribution in [0.25, 0.3) is 0 Å². The Bertz CT molecular complexity index is 233. The molecule has 1 aliphatic heterocycles. The number of carbonyl (C=O) groups is 2. The first-order chi connectivity index (χ1) is 5.13. The van der Waals surface area contributed by atoms with Crippen molar-refractivity contribution in [1.82, 2.24) is 4.90 Å². The molecule has 2 N–H and O–H groups in total. The number of aliphatic carboxylic acids is 1. The van der Waals surface area contributed by atoms with E-state index in [2.05, 4.69) is 4.74 Å². The molecule has 0 fully saturated rings. The van der Waals surface area contributed by atoms with Gasteiger partial charge in [0.1, 0.15) is 6.26 Å². The Morgan fingerprint density at radius 2 is 2.18 bits per heavy atom. The highest BCUT2D eigenvalue weighted by Gasteiger charge is 2.27. The summed E-state index contributed by atoms with van der Waals surface area (Å²) in [7, 11) is 0. The van der Waals surface area contributed by atoms with Gasteiger partial charge >= 0.3 is 12.1 Å². The van der Waals surface area contributed by atoms with Crippen LogP contribution in [0.1, 0.15) is 0 Å². The molecule has 0 saturated carbocycles. The van der Waals surface area contributed by atoms with Crippen LogP contribution < -0.4 is 0 Å². The van der Waals surface area contributed by atoms with Gasteiger partial charge in [0.2, 0.25) is 0 Å². The molecule has 1 heterocycles. The van der Waals surface area contributed by atoms with Gasteiger partial charge in [0.05, 0.1) is 0 Å². The molecule has 0 aromatic heterocycles. The third-order valence-corrected chi connectivity index (χ3v) is 1.14. The molecule has 1 aliphatic rings. The maximum atomic E-state index is 10.3. The highest BCUT2D eigenvalue weighted by molar-refractivity contribution is 5.90. The molecule has 0 atom stereocenters. The Balaban J connectivity index is 2.79. The quantitative estimate of drug-likeness (QED) is 0.556. The molecule has 1 amide bonds. The zero-order chi connectivity index (χ0) is 8.43. The standard InChI is InChI=1S/C5H5NO5/c7-4(8)3-1-11-2-6(3)5(9)10/h1H,2H2,(H,7,8)(H,9,10). The fourth-order valence-electron chi connectivity index (χ4n) is 0.648. The average molecular weight is 159 g/mol. The molecule has 0 saturated heterocycles. The summed E-state index contributed by atoms with van der Waals surface area (Å²) in [5, 5.41) is 16.8. The molecule has 6 nitrogen and oxygen atoms in total. The van der Waals surface area contributed by atoms with E-state index < -0.39 is 12.1 Å². The summed E-state index contributed by atoms with van der Waals surface area (Å²) in [6.45, 7) is -0.253. The predicted octanol–water partition coefficient (Wildman–Crippen LogP) is -0.120. The third kappa shape index (κ3) is 1.23. The van der Waals surface area contributed by atoms with Crippen molar-refractivity contribution in [2.45, 2.75) is 0 Å². The van der Waals surface area contributed by atoms with Crippen LogP contribution in [0.4, 0.5) is 4.79 Å². The van der Waals surface area contributed by atoms with E-state index in [1.54, 1.807) is 0 Å². The van der Waals surface area contributed by atoms with Gasteiger partial charge in [-0.1, -0.05) is 0 Å². The van der Waals surface area contributed by atoms with Gasteiger partial charge in [-0.15, -0.1) is 0 Å². The van der Waals surface area contributed by atoms with E-state index in [1.165, 1.54) is 0 Å². The fraction of sp³-hybridized carbons (Fsp3) is 0.200. The molecule has 0 bridgehead atoms. The SMILES string of the molecule is O=C(O)C1=COCN1C(=O)O. The number of carboxylic acid groups (broad SMARTS) is 2. The first-order valence-electron chi connectivity index (χ1n) is 2.68. The van der Waals surface area contributed by atoms with Gasteiger partial charge in [-0.25, -0.2) is 14.5 Å². The van der Waals surface area contributed by atoms with E-state index in [1.807, 2.05) is 0 Å². The Kier molecular flexibility index (Phi) is 1.67. The lowest BCUT2D eigenvalue weighted by Crippen LogP contribution is -2.29. The molecule has 6 heteroatoms. The highest BCUT2D eigenvalue weighted by Crippen LogP contribution is 2.11. The number of hydrogen-bond donors (Lipinski definition) is 2. The summed E-state index contributed by atoms with van der Waals surface area (Å²) in [5.74, 6) is -1.31. The third-order valence-electron chi connectivity index (χ3n) is 1.14. The lowest BCUT2D eigenvalue weighted by atomic mass is 10.4. The van der Waals surface area contributed by atoms with Gasteiger partial charge in [-0.05, 0) is 0 Å². The zero-order valence-corrected chi connectivity index (χ0v) is 5.35. The van der Waals surface area contributed by atoms with E-state index in [0.29, 0.717) is 4.90 Å². The molecule has 11 heavy (non-hydrogen) atoms. The summed E-state index contributed by atoms with van der Waals surface area (Å²) in [5.41, 5.74) is -0.363. The van der Waals surface area contributed by atoms with Gasteiger partial charge in [0.25, 0.3) is 0 Å². The lowest BCUT2D eigenvalue weighted by Gasteiger charge is -2.09. The van der Waals surface area contributed by atoms with E-state index in [4.69, 9.17) is 10.2 Å². The number of ether oxygens (including phenoxy) is 1. The number of carboxylic acids is 1. The highest BCUT2D eigenvalue weighted by atomic mass is 16.5. The Morgan fingerprint density at radius 1 is 1.55 bits per heavy atom. The van der Waals surface area contributed by atoms with Crippen molar-refractivity contribution in [2.24, 2.45) is 0 Å². The fourth-order valence-corrected chi connectivity index (χ4v) is 0.648. The number of rotatable bonds is 1. The topological polar surface area (TPSA) is 87.1 Å². The van der Waals surface area contributed by atoms with Gasteiger partial charge in [-0.3, -0.25) is 0 Å². The summed E-state index contributed by atoms with van der Waals surface area (Å²) in [6, 6.07) is 0. The van der Waals surface area contributed by atoms with Crippen molar-refractivity contribution in [3.63, 3.8) is 0 Å². The second-order valence-corrected chi connectivity index (χ2v) is 1.81. The average Bonchev–Trinajstić information content (AvgIpc) is 2.32. The second-order valence-electron chi connectivity index (χ2n) is 1.81. The molecule has 60 valence electrons. The molecular weight excluding hydrogens is 154 g/mol. The minimum absolute atomic E-state index is 0.253. The minimum atomic E-state index is -1.34. The van der Waals surface area contributed by atoms with Gasteiger partial charge < -0.3 is 14.9 Å². The van der Waals surface area contributed by atoms with Crippen LogP contribution in [0.5, 0.6) is 0 Å². The minimum Gasteiger partial charge on any atom is -0.478 e. The Morgan fingerprint density at radius 3 is 2.55 bits per heavy atom. The van der Waals surface area contributed by atoms with Crippen molar-refractivity contribution in [3.8, 4) is 0 Å². The van der Waals surface area contributed by atoms with E-state index >= 15 is 0 Å². The van der Waals surface area contributed by atoms with Gasteiger partial charge in [0, 0.05) is 0 Å². The smallest absolute Gasteiger partial charge is 0.414 e. The molecule has 0 aliphatic carbocycles. The van der Waals surface area contributed by atoms with Crippen LogP contribution in [0.3, 0.4) is 0 Å². The molecule has 1 rings (SSSR count). The first kappa shape index (κ1) is 7.39. The van der Waals surface area contributed by atoms with E-state index in [0.717, 1.165) is 6.26 Å². The first-order valence-corrected chi connectivity index (χ1v) is 2.68. The number of nitrogens with zero attached hydrogens (tertiary/aromatic N) is 1. The second kappa shape index (κ2) is 2.49. The van der Waals surface area contributed by atoms with Gasteiger partial charge in [0.15, 0.2) is 12.4 Å². The summed E-state index contributed by atoms with van der Waals surface area (Å²) < 4.78 is 4.49. The van der Waals surface area contributed by atoms with Crippen LogP contribution in [-0.4, -0.2) is 33.9 Å². The number of hydrogen-bond acceptors (Lipinski definition) is 3. The van der Waals surface area contributed by atoms with Crippen molar-refractivity contribution < 1.29 is 24.5 Å². The van der Waals surface area contributed by atoms with Crippen LogP contribution in [0, 0.1) is 0 Å². The van der Waals surface area contributed by atoms with Crippen LogP contribution >= 0.6 is 0 Å². The van der Waals surface area contributed by atoms with E-state index in [9.17, 15) is 9.59 Å². The van der Waals surface area contributed by atoms with Crippen LogP contribution in [0.15, 0.2) is 12.0 Å². The van der Waals surface area contributed by atoms with Crippen LogP contribution in [0.2, 0.25) is 0 Å². The summed E-state index contributed by atoms with van der Waals surface area (Å²) >= 11 is 0. The van der Waals surface area contributed by atoms with E-state index in [-0.39, 0.29) is 12.4 Å².